The third kappa shape index (κ3) is 1.14. The summed E-state index contributed by atoms with van der Waals surface area (Å²) in [4.78, 5) is 26.1. The Labute approximate surface area is 71.0 Å². The zero-order valence-corrected chi connectivity index (χ0v) is 6.43. The lowest BCUT2D eigenvalue weighted by Gasteiger charge is -1.96. The Hall–Kier alpha value is -1.91. The van der Waals surface area contributed by atoms with Crippen LogP contribution in [0.3, 0.4) is 0 Å². The smallest absolute Gasteiger partial charge is 0.314 e. The first-order chi connectivity index (χ1) is 6.18. The molecule has 0 unspecified atom stereocenters. The van der Waals surface area contributed by atoms with Crippen molar-refractivity contribution in [3.8, 4) is 0 Å². The summed E-state index contributed by atoms with van der Waals surface area (Å²) in [7, 11) is 0. The topological polar surface area (TPSA) is 65.7 Å². The summed E-state index contributed by atoms with van der Waals surface area (Å²) in [5, 5.41) is 0. The van der Waals surface area contributed by atoms with Crippen LogP contribution in [0.1, 0.15) is 0 Å². The Bertz CT molecular complexity index is 570. The molecule has 0 fully saturated rings. The van der Waals surface area contributed by atoms with Gasteiger partial charge in [0.15, 0.2) is 0 Å². The van der Waals surface area contributed by atoms with E-state index < -0.39 is 16.9 Å². The molecular weight excluding hydrogens is 175 g/mol. The monoisotopic (exact) mass is 180 g/mol. The highest BCUT2D eigenvalue weighted by molar-refractivity contribution is 5.73. The number of halogens is 1. The van der Waals surface area contributed by atoms with Crippen LogP contribution in [0.2, 0.25) is 0 Å². The summed E-state index contributed by atoms with van der Waals surface area (Å²) < 4.78 is 13.0. The van der Waals surface area contributed by atoms with Gasteiger partial charge in [0.25, 0.3) is 0 Å². The molecule has 0 aliphatic carbocycles. The molecule has 0 aliphatic heterocycles. The van der Waals surface area contributed by atoms with Gasteiger partial charge in [-0.2, -0.15) is 0 Å². The van der Waals surface area contributed by atoms with Gasteiger partial charge in [-0.15, -0.1) is 0 Å². The molecule has 0 bridgehead atoms. The molecule has 0 radical (unpaired) electrons. The van der Waals surface area contributed by atoms with Gasteiger partial charge in [-0.1, -0.05) is 6.07 Å². The normalized spacial score (nSPS) is 10.5. The van der Waals surface area contributed by atoms with E-state index in [-0.39, 0.29) is 11.0 Å². The summed E-state index contributed by atoms with van der Waals surface area (Å²) in [6.07, 6.45) is 0. The van der Waals surface area contributed by atoms with Crippen LogP contribution in [0.15, 0.2) is 27.8 Å². The van der Waals surface area contributed by atoms with Gasteiger partial charge >= 0.3 is 11.1 Å². The highest BCUT2D eigenvalue weighted by Gasteiger charge is 2.02. The minimum absolute atomic E-state index is 0.0205. The number of hydrogen-bond donors (Lipinski definition) is 2. The predicted molar refractivity (Wildman–Crippen MR) is 45.1 cm³/mol. The number of rotatable bonds is 0. The van der Waals surface area contributed by atoms with E-state index >= 15 is 0 Å². The Morgan fingerprint density at radius 2 is 1.77 bits per heavy atom. The van der Waals surface area contributed by atoms with Crippen LogP contribution >= 0.6 is 0 Å². The van der Waals surface area contributed by atoms with Crippen molar-refractivity contribution in [1.29, 1.82) is 0 Å². The van der Waals surface area contributed by atoms with Crippen LogP contribution in [0.5, 0.6) is 0 Å². The van der Waals surface area contributed by atoms with Crippen molar-refractivity contribution in [2.24, 2.45) is 0 Å². The maximum atomic E-state index is 13.0. The van der Waals surface area contributed by atoms with E-state index in [1.54, 1.807) is 0 Å². The second kappa shape index (κ2) is 2.55. The highest BCUT2D eigenvalue weighted by atomic mass is 19.1. The van der Waals surface area contributed by atoms with E-state index in [2.05, 4.69) is 9.97 Å². The summed E-state index contributed by atoms with van der Waals surface area (Å²) >= 11 is 0. The van der Waals surface area contributed by atoms with Crippen molar-refractivity contribution in [2.45, 2.75) is 0 Å². The number of H-pyrrole nitrogens is 2. The van der Waals surface area contributed by atoms with E-state index in [9.17, 15) is 14.0 Å². The number of hydrogen-bond acceptors (Lipinski definition) is 2. The van der Waals surface area contributed by atoms with Gasteiger partial charge in [-0.05, 0) is 12.1 Å². The Balaban J connectivity index is 3.06. The average Bonchev–Trinajstić information content (AvgIpc) is 2.09. The molecule has 1 aromatic carbocycles. The Kier molecular flexibility index (Phi) is 1.51. The van der Waals surface area contributed by atoms with Gasteiger partial charge in [0.05, 0.1) is 5.52 Å². The van der Waals surface area contributed by atoms with Crippen LogP contribution in [-0.2, 0) is 0 Å². The summed E-state index contributed by atoms with van der Waals surface area (Å²) in [5.74, 6) is -0.564. The first kappa shape index (κ1) is 7.72. The Morgan fingerprint density at radius 1 is 1.08 bits per heavy atom. The standard InChI is InChI=1S/C8H5FN2O2/c9-4-2-1-3-5-6(4)11-8(13)7(12)10-5/h1-3H,(H,10,12)(H,11,13). The van der Waals surface area contributed by atoms with Crippen LogP contribution in [0.25, 0.3) is 11.0 Å². The lowest BCUT2D eigenvalue weighted by atomic mass is 10.3. The number of aromatic amines is 2. The molecule has 5 heteroatoms. The molecule has 66 valence electrons. The zero-order chi connectivity index (χ0) is 9.42. The highest BCUT2D eigenvalue weighted by Crippen LogP contribution is 2.08. The molecule has 0 aliphatic rings. The maximum absolute atomic E-state index is 13.0. The van der Waals surface area contributed by atoms with Gasteiger partial charge in [0.1, 0.15) is 11.3 Å². The zero-order valence-electron chi connectivity index (χ0n) is 6.43. The molecule has 4 nitrogen and oxygen atoms in total. The minimum Gasteiger partial charge on any atom is -0.316 e. The third-order valence-corrected chi connectivity index (χ3v) is 1.71. The van der Waals surface area contributed by atoms with Crippen molar-refractivity contribution >= 4 is 11.0 Å². The minimum atomic E-state index is -0.849. The van der Waals surface area contributed by atoms with E-state index in [1.165, 1.54) is 18.2 Å². The Morgan fingerprint density at radius 3 is 2.54 bits per heavy atom. The van der Waals surface area contributed by atoms with E-state index in [0.29, 0.717) is 0 Å². The van der Waals surface area contributed by atoms with Gasteiger partial charge in [0, 0.05) is 0 Å². The van der Waals surface area contributed by atoms with Crippen molar-refractivity contribution in [2.75, 3.05) is 0 Å². The van der Waals surface area contributed by atoms with Crippen LogP contribution < -0.4 is 11.1 Å². The second-order valence-electron chi connectivity index (χ2n) is 2.57. The molecular formula is C8H5FN2O2. The number of benzene rings is 1. The molecule has 1 heterocycles. The molecule has 0 saturated heterocycles. The number of para-hydroxylation sites is 1. The van der Waals surface area contributed by atoms with E-state index in [0.717, 1.165) is 0 Å². The molecule has 2 aromatic rings. The number of fused-ring (bicyclic) bond motifs is 1. The summed E-state index contributed by atoms with van der Waals surface area (Å²) in [6, 6.07) is 4.16. The van der Waals surface area contributed by atoms with Crippen molar-refractivity contribution in [3.63, 3.8) is 0 Å². The van der Waals surface area contributed by atoms with Crippen molar-refractivity contribution < 1.29 is 4.39 Å². The van der Waals surface area contributed by atoms with Gasteiger partial charge < -0.3 is 9.97 Å². The molecule has 2 rings (SSSR count). The van der Waals surface area contributed by atoms with Crippen LogP contribution in [0.4, 0.5) is 4.39 Å². The molecule has 1 aromatic heterocycles. The average molecular weight is 180 g/mol. The first-order valence-corrected chi connectivity index (χ1v) is 3.59. The summed E-state index contributed by atoms with van der Waals surface area (Å²) in [6.45, 7) is 0. The lowest BCUT2D eigenvalue weighted by Crippen LogP contribution is -2.29. The number of nitrogens with one attached hydrogen (secondary N) is 2. The molecule has 0 spiro atoms. The number of aromatic nitrogens is 2. The van der Waals surface area contributed by atoms with Gasteiger partial charge in [-0.25, -0.2) is 4.39 Å². The molecule has 0 atom stereocenters. The van der Waals surface area contributed by atoms with E-state index in [1.807, 2.05) is 0 Å². The molecule has 0 amide bonds. The largest absolute Gasteiger partial charge is 0.316 e. The summed E-state index contributed by atoms with van der Waals surface area (Å²) in [5.41, 5.74) is -1.33. The predicted octanol–water partition coefficient (Wildman–Crippen LogP) is 0.355. The van der Waals surface area contributed by atoms with Crippen molar-refractivity contribution in [1.82, 2.24) is 9.97 Å². The lowest BCUT2D eigenvalue weighted by molar-refractivity contribution is 0.636. The van der Waals surface area contributed by atoms with E-state index in [4.69, 9.17) is 0 Å². The fraction of sp³-hybridized carbons (Fsp3) is 0. The molecule has 0 saturated carbocycles. The molecule has 13 heavy (non-hydrogen) atoms. The van der Waals surface area contributed by atoms with Crippen molar-refractivity contribution in [3.05, 3.63) is 44.7 Å². The second-order valence-corrected chi connectivity index (χ2v) is 2.57. The molecule has 2 N–H and O–H groups in total. The van der Waals surface area contributed by atoms with Gasteiger partial charge in [-0.3, -0.25) is 9.59 Å². The van der Waals surface area contributed by atoms with Crippen LogP contribution in [-0.4, -0.2) is 9.97 Å². The quantitative estimate of drug-likeness (QED) is 0.574. The SMILES string of the molecule is O=c1[nH]c2cccc(F)c2[nH]c1=O. The third-order valence-electron chi connectivity index (χ3n) is 1.71. The van der Waals surface area contributed by atoms with Gasteiger partial charge in [0.2, 0.25) is 0 Å². The maximum Gasteiger partial charge on any atom is 0.314 e. The fourth-order valence-electron chi connectivity index (χ4n) is 1.10. The van der Waals surface area contributed by atoms with Crippen LogP contribution in [0, 0.1) is 5.82 Å². The first-order valence-electron chi connectivity index (χ1n) is 3.59. The fourth-order valence-corrected chi connectivity index (χ4v) is 1.10.